The minimum atomic E-state index is -3.04. The second-order valence-electron chi connectivity index (χ2n) is 11.2. The summed E-state index contributed by atoms with van der Waals surface area (Å²) < 4.78 is 27.4. The van der Waals surface area contributed by atoms with Gasteiger partial charge in [0.15, 0.2) is 12.6 Å². The molecule has 0 aromatic rings. The monoisotopic (exact) mass is 674 g/mol. The summed E-state index contributed by atoms with van der Waals surface area (Å²) in [7, 11) is 0. The van der Waals surface area contributed by atoms with Crippen molar-refractivity contribution >= 4 is 17.8 Å². The van der Waals surface area contributed by atoms with E-state index in [2.05, 4.69) is 10.6 Å². The molecule has 21 heteroatoms. The van der Waals surface area contributed by atoms with Crippen LogP contribution in [0.4, 0.5) is 0 Å². The molecule has 3 rings (SSSR count). The topological polar surface area (TPSA) is 344 Å². The zero-order chi connectivity index (χ0) is 34.7. The number of carbonyl (C=O) groups excluding carboxylic acids is 2. The first-order valence-corrected chi connectivity index (χ1v) is 14.2. The Kier molecular flexibility index (Phi) is 13.1. The van der Waals surface area contributed by atoms with Crippen LogP contribution in [-0.4, -0.2) is 191 Å². The van der Waals surface area contributed by atoms with Crippen molar-refractivity contribution in [3.05, 3.63) is 0 Å². The van der Waals surface area contributed by atoms with Crippen LogP contribution in [0.2, 0.25) is 0 Å². The molecule has 13 N–H and O–H groups in total. The molecule has 3 saturated heterocycles. The van der Waals surface area contributed by atoms with Crippen molar-refractivity contribution in [1.82, 2.24) is 10.6 Å². The molecule has 0 aliphatic carbocycles. The van der Waals surface area contributed by atoms with Crippen LogP contribution in [0.15, 0.2) is 0 Å². The minimum Gasteiger partial charge on any atom is -0.477 e. The molecular formula is C25H42N2O19. The highest BCUT2D eigenvalue weighted by Gasteiger charge is 2.60. The number of carbonyl (C=O) groups is 3. The summed E-state index contributed by atoms with van der Waals surface area (Å²) in [6.07, 6.45) is -25.7. The van der Waals surface area contributed by atoms with Crippen LogP contribution >= 0.6 is 0 Å². The SMILES string of the molecule is CC(=O)NC1C(O)OC(CO)C(OC2OC(CO)C(O)C(OC3(C(=O)O)CC(O)C(NC(C)=O)C(C(O)C(O)CO)O3)C2O)C1O. The summed E-state index contributed by atoms with van der Waals surface area (Å²) in [5, 5.41) is 118. The number of amides is 2. The van der Waals surface area contributed by atoms with Gasteiger partial charge in [-0.1, -0.05) is 0 Å². The van der Waals surface area contributed by atoms with E-state index in [9.17, 15) is 70.6 Å². The second-order valence-corrected chi connectivity index (χ2v) is 11.2. The predicted octanol–water partition coefficient (Wildman–Crippen LogP) is -8.08. The van der Waals surface area contributed by atoms with E-state index in [1.807, 2.05) is 0 Å². The molecule has 2 amide bonds. The van der Waals surface area contributed by atoms with Crippen LogP contribution in [0.3, 0.4) is 0 Å². The second kappa shape index (κ2) is 15.8. The number of aliphatic hydroxyl groups is 10. The summed E-state index contributed by atoms with van der Waals surface area (Å²) >= 11 is 0. The van der Waals surface area contributed by atoms with Crippen molar-refractivity contribution in [3.8, 4) is 0 Å². The molecule has 0 radical (unpaired) electrons. The fourth-order valence-corrected chi connectivity index (χ4v) is 5.57. The van der Waals surface area contributed by atoms with E-state index in [0.29, 0.717) is 0 Å². The molecule has 0 aromatic carbocycles. The molecule has 16 atom stereocenters. The number of rotatable bonds is 12. The van der Waals surface area contributed by atoms with Gasteiger partial charge < -0.3 is 90.5 Å². The lowest BCUT2D eigenvalue weighted by molar-refractivity contribution is -0.382. The van der Waals surface area contributed by atoms with E-state index >= 15 is 0 Å². The average molecular weight is 675 g/mol. The van der Waals surface area contributed by atoms with E-state index in [4.69, 9.17) is 23.7 Å². The molecule has 3 aliphatic heterocycles. The molecule has 46 heavy (non-hydrogen) atoms. The Bertz CT molecular complexity index is 1050. The lowest BCUT2D eigenvalue weighted by atomic mass is 9.88. The third-order valence-corrected chi connectivity index (χ3v) is 7.87. The summed E-state index contributed by atoms with van der Waals surface area (Å²) in [5.41, 5.74) is 0. The van der Waals surface area contributed by atoms with Gasteiger partial charge in [0.2, 0.25) is 11.8 Å². The van der Waals surface area contributed by atoms with E-state index in [1.165, 1.54) is 0 Å². The zero-order valence-electron chi connectivity index (χ0n) is 24.7. The van der Waals surface area contributed by atoms with E-state index in [-0.39, 0.29) is 0 Å². The van der Waals surface area contributed by atoms with Gasteiger partial charge in [-0.05, 0) is 0 Å². The van der Waals surface area contributed by atoms with Gasteiger partial charge in [0.05, 0.1) is 32.0 Å². The van der Waals surface area contributed by atoms with Crippen molar-refractivity contribution in [2.24, 2.45) is 0 Å². The first-order chi connectivity index (χ1) is 21.5. The maximum atomic E-state index is 12.6. The number of hydrogen-bond donors (Lipinski definition) is 13. The molecule has 21 nitrogen and oxygen atoms in total. The number of carboxylic acids is 1. The lowest BCUT2D eigenvalue weighted by Gasteiger charge is -2.50. The van der Waals surface area contributed by atoms with Crippen LogP contribution in [0.5, 0.6) is 0 Å². The fraction of sp³-hybridized carbons (Fsp3) is 0.880. The number of hydrogen-bond acceptors (Lipinski definition) is 18. The average Bonchev–Trinajstić information content (AvgIpc) is 2.99. The van der Waals surface area contributed by atoms with Crippen molar-refractivity contribution in [2.75, 3.05) is 19.8 Å². The Hall–Kier alpha value is -2.19. The van der Waals surface area contributed by atoms with Crippen LogP contribution in [0, 0.1) is 0 Å². The first-order valence-electron chi connectivity index (χ1n) is 14.2. The lowest BCUT2D eigenvalue weighted by Crippen LogP contribution is -2.71. The third-order valence-electron chi connectivity index (χ3n) is 7.87. The highest BCUT2D eigenvalue weighted by molar-refractivity contribution is 5.76. The maximum absolute atomic E-state index is 12.6. The third kappa shape index (κ3) is 8.08. The summed E-state index contributed by atoms with van der Waals surface area (Å²) in [5.74, 6) is -6.46. The van der Waals surface area contributed by atoms with Gasteiger partial charge in [-0.2, -0.15) is 0 Å². The van der Waals surface area contributed by atoms with E-state index in [1.54, 1.807) is 0 Å². The molecule has 0 spiro atoms. The first kappa shape index (κ1) is 38.3. The molecular weight excluding hydrogens is 632 g/mol. The zero-order valence-corrected chi connectivity index (χ0v) is 24.7. The van der Waals surface area contributed by atoms with Gasteiger partial charge in [0, 0.05) is 20.3 Å². The molecule has 3 fully saturated rings. The predicted molar refractivity (Wildman–Crippen MR) is 142 cm³/mol. The van der Waals surface area contributed by atoms with Crippen molar-refractivity contribution < 1.29 is 94.2 Å². The quantitative estimate of drug-likeness (QED) is 0.0913. The number of aliphatic carboxylic acids is 1. The van der Waals surface area contributed by atoms with Gasteiger partial charge in [-0.3, -0.25) is 9.59 Å². The number of aliphatic hydroxyl groups excluding tert-OH is 10. The smallest absolute Gasteiger partial charge is 0.364 e. The Morgan fingerprint density at radius 1 is 0.848 bits per heavy atom. The molecule has 0 aromatic heterocycles. The minimum absolute atomic E-state index is 0.692. The standard InChI is InChI=1S/C25H42N2O19/c1-7(31)26-13-9(33)3-25(24(40)41,45-20(13)15(35)10(34)4-28)46-21-16(36)11(5-29)43-23(18(21)38)44-19-12(6-30)42-22(39)14(17(19)37)27-8(2)32/h9-23,28-30,33-39H,3-6H2,1-2H3,(H,26,31)(H,27,32)(H,40,41). The van der Waals surface area contributed by atoms with Gasteiger partial charge >= 0.3 is 5.97 Å². The molecule has 266 valence electrons. The Balaban J connectivity index is 1.95. The van der Waals surface area contributed by atoms with Gasteiger partial charge in [-0.15, -0.1) is 0 Å². The number of nitrogens with one attached hydrogen (secondary N) is 2. The van der Waals surface area contributed by atoms with E-state index in [0.717, 1.165) is 13.8 Å². The molecule has 3 aliphatic rings. The Morgan fingerprint density at radius 2 is 1.43 bits per heavy atom. The molecule has 0 bridgehead atoms. The van der Waals surface area contributed by atoms with Gasteiger partial charge in [0.25, 0.3) is 5.79 Å². The normalized spacial score (nSPS) is 42.9. The highest BCUT2D eigenvalue weighted by atomic mass is 16.8. The van der Waals surface area contributed by atoms with Crippen molar-refractivity contribution in [2.45, 2.75) is 118 Å². The van der Waals surface area contributed by atoms with Gasteiger partial charge in [0.1, 0.15) is 67.1 Å². The molecule has 16 unspecified atom stereocenters. The largest absolute Gasteiger partial charge is 0.477 e. The Morgan fingerprint density at radius 3 is 1.96 bits per heavy atom. The van der Waals surface area contributed by atoms with Crippen molar-refractivity contribution in [3.63, 3.8) is 0 Å². The molecule has 3 heterocycles. The maximum Gasteiger partial charge on any atom is 0.364 e. The van der Waals surface area contributed by atoms with Crippen LogP contribution in [0.1, 0.15) is 20.3 Å². The number of ether oxygens (including phenoxy) is 5. The van der Waals surface area contributed by atoms with Crippen LogP contribution in [-0.2, 0) is 38.1 Å². The van der Waals surface area contributed by atoms with E-state index < -0.39 is 142 Å². The highest BCUT2D eigenvalue weighted by Crippen LogP contribution is 2.38. The van der Waals surface area contributed by atoms with Crippen LogP contribution < -0.4 is 10.6 Å². The van der Waals surface area contributed by atoms with Crippen LogP contribution in [0.25, 0.3) is 0 Å². The fourth-order valence-electron chi connectivity index (χ4n) is 5.57. The summed E-state index contributed by atoms with van der Waals surface area (Å²) in [6, 6.07) is -3.05. The Labute approximate surface area is 260 Å². The van der Waals surface area contributed by atoms with Gasteiger partial charge in [-0.25, -0.2) is 4.79 Å². The van der Waals surface area contributed by atoms with Crippen molar-refractivity contribution in [1.29, 1.82) is 0 Å². The molecule has 0 saturated carbocycles. The number of carboxylic acid groups (broad SMARTS) is 1. The summed E-state index contributed by atoms with van der Waals surface area (Å²) in [6.45, 7) is -0.789. The summed E-state index contributed by atoms with van der Waals surface area (Å²) in [4.78, 5) is 36.0.